The molecular formula is C10H23N3O3S2. The number of methoxy groups -OCH3 is 1. The maximum absolute atomic E-state index is 12.1. The van der Waals surface area contributed by atoms with Crippen LogP contribution in [-0.2, 0) is 14.9 Å². The summed E-state index contributed by atoms with van der Waals surface area (Å²) in [6, 6.07) is 0. The molecule has 0 spiro atoms. The van der Waals surface area contributed by atoms with E-state index in [0.29, 0.717) is 18.0 Å². The first-order chi connectivity index (χ1) is 8.08. The molecule has 0 aliphatic carbocycles. The van der Waals surface area contributed by atoms with E-state index in [1.807, 2.05) is 0 Å². The summed E-state index contributed by atoms with van der Waals surface area (Å²) in [7, 11) is -2.04. The van der Waals surface area contributed by atoms with E-state index in [4.69, 9.17) is 22.7 Å². The number of rotatable bonds is 8. The normalized spacial score (nSPS) is 12.9. The third kappa shape index (κ3) is 7.93. The molecule has 0 rings (SSSR count). The lowest BCUT2D eigenvalue weighted by molar-refractivity contribution is 0.178. The van der Waals surface area contributed by atoms with Gasteiger partial charge in [0, 0.05) is 32.2 Å². The minimum atomic E-state index is -3.56. The highest BCUT2D eigenvalue weighted by Crippen LogP contribution is 2.07. The monoisotopic (exact) mass is 297 g/mol. The fraction of sp³-hybridized carbons (Fsp3) is 0.900. The average molecular weight is 297 g/mol. The van der Waals surface area contributed by atoms with Crippen LogP contribution in [0.15, 0.2) is 0 Å². The smallest absolute Gasteiger partial charge is 0.280 e. The van der Waals surface area contributed by atoms with Gasteiger partial charge in [-0.3, -0.25) is 0 Å². The molecule has 0 bridgehead atoms. The highest BCUT2D eigenvalue weighted by atomic mass is 32.2. The Morgan fingerprint density at radius 1 is 1.39 bits per heavy atom. The van der Waals surface area contributed by atoms with Crippen LogP contribution < -0.4 is 10.5 Å². The second-order valence-electron chi connectivity index (χ2n) is 4.97. The Hall–Kier alpha value is -0.280. The molecule has 0 aromatic carbocycles. The van der Waals surface area contributed by atoms with Gasteiger partial charge in [-0.15, -0.1) is 0 Å². The molecule has 0 amide bonds. The molecule has 0 aliphatic rings. The third-order valence-electron chi connectivity index (χ3n) is 1.93. The Morgan fingerprint density at radius 2 is 1.94 bits per heavy atom. The summed E-state index contributed by atoms with van der Waals surface area (Å²) in [5, 5.41) is 0. The Kier molecular flexibility index (Phi) is 7.23. The summed E-state index contributed by atoms with van der Waals surface area (Å²) in [4.78, 5) is 0.295. The van der Waals surface area contributed by atoms with Gasteiger partial charge >= 0.3 is 0 Å². The molecule has 0 atom stereocenters. The molecule has 0 aromatic rings. The van der Waals surface area contributed by atoms with E-state index < -0.39 is 15.7 Å². The van der Waals surface area contributed by atoms with Gasteiger partial charge in [0.2, 0.25) is 0 Å². The van der Waals surface area contributed by atoms with Gasteiger partial charge in [0.05, 0.1) is 11.6 Å². The van der Waals surface area contributed by atoms with E-state index in [2.05, 4.69) is 4.72 Å². The lowest BCUT2D eigenvalue weighted by Crippen LogP contribution is -2.50. The first-order valence-electron chi connectivity index (χ1n) is 5.65. The van der Waals surface area contributed by atoms with Crippen molar-refractivity contribution in [1.29, 1.82) is 0 Å². The van der Waals surface area contributed by atoms with Crippen LogP contribution in [0.4, 0.5) is 0 Å². The second-order valence-corrected chi connectivity index (χ2v) is 7.16. The molecule has 0 unspecified atom stereocenters. The van der Waals surface area contributed by atoms with Crippen LogP contribution in [0.2, 0.25) is 0 Å². The molecular weight excluding hydrogens is 274 g/mol. The van der Waals surface area contributed by atoms with Gasteiger partial charge in [0.1, 0.15) is 0 Å². The van der Waals surface area contributed by atoms with Gasteiger partial charge in [0.25, 0.3) is 10.2 Å². The van der Waals surface area contributed by atoms with Crippen molar-refractivity contribution in [2.24, 2.45) is 5.73 Å². The minimum absolute atomic E-state index is 0.254. The van der Waals surface area contributed by atoms with E-state index in [1.54, 1.807) is 20.8 Å². The fourth-order valence-corrected chi connectivity index (χ4v) is 2.87. The van der Waals surface area contributed by atoms with Gasteiger partial charge in [-0.25, -0.2) is 0 Å². The molecule has 0 aliphatic heterocycles. The Morgan fingerprint density at radius 3 is 2.33 bits per heavy atom. The number of thiocarbonyl (C=S) groups is 1. The van der Waals surface area contributed by atoms with Crippen LogP contribution in [0, 0.1) is 0 Å². The van der Waals surface area contributed by atoms with Gasteiger partial charge in [-0.05, 0) is 20.8 Å². The summed E-state index contributed by atoms with van der Waals surface area (Å²) in [6.45, 7) is 6.20. The zero-order valence-corrected chi connectivity index (χ0v) is 13.0. The molecule has 0 fully saturated rings. The predicted octanol–water partition coefficient (Wildman–Crippen LogP) is 0.244. The maximum Gasteiger partial charge on any atom is 0.280 e. The summed E-state index contributed by atoms with van der Waals surface area (Å²) < 4.78 is 33.1. The van der Waals surface area contributed by atoms with E-state index in [9.17, 15) is 8.42 Å². The minimum Gasteiger partial charge on any atom is -0.393 e. The number of ether oxygens (including phenoxy) is 1. The van der Waals surface area contributed by atoms with Crippen LogP contribution >= 0.6 is 12.2 Å². The topological polar surface area (TPSA) is 84.7 Å². The highest BCUT2D eigenvalue weighted by molar-refractivity contribution is 7.87. The van der Waals surface area contributed by atoms with Crippen molar-refractivity contribution in [2.45, 2.75) is 32.7 Å². The van der Waals surface area contributed by atoms with E-state index in [-0.39, 0.29) is 13.1 Å². The number of nitrogens with one attached hydrogen (secondary N) is 1. The largest absolute Gasteiger partial charge is 0.393 e. The van der Waals surface area contributed by atoms with Crippen LogP contribution in [0.5, 0.6) is 0 Å². The van der Waals surface area contributed by atoms with Crippen molar-refractivity contribution >= 4 is 27.4 Å². The second kappa shape index (κ2) is 7.34. The van der Waals surface area contributed by atoms with Crippen LogP contribution in [0.1, 0.15) is 27.2 Å². The van der Waals surface area contributed by atoms with E-state index >= 15 is 0 Å². The average Bonchev–Trinajstić information content (AvgIpc) is 2.12. The summed E-state index contributed by atoms with van der Waals surface area (Å²) >= 11 is 4.76. The van der Waals surface area contributed by atoms with Crippen molar-refractivity contribution in [3.63, 3.8) is 0 Å². The summed E-state index contributed by atoms with van der Waals surface area (Å²) in [5.41, 5.74) is 4.86. The molecule has 18 heavy (non-hydrogen) atoms. The van der Waals surface area contributed by atoms with Crippen molar-refractivity contribution in [3.05, 3.63) is 0 Å². The Labute approximate surface area is 115 Å². The predicted molar refractivity (Wildman–Crippen MR) is 76.7 cm³/mol. The SMILES string of the molecule is COCCN(CCC(N)=S)S(=O)(=O)NC(C)(C)C. The van der Waals surface area contributed by atoms with Gasteiger partial charge in [-0.1, -0.05) is 12.2 Å². The molecule has 0 saturated heterocycles. The van der Waals surface area contributed by atoms with Crippen molar-refractivity contribution in [1.82, 2.24) is 9.03 Å². The number of hydrogen-bond donors (Lipinski definition) is 2. The molecule has 0 heterocycles. The molecule has 108 valence electrons. The van der Waals surface area contributed by atoms with Gasteiger partial charge < -0.3 is 10.5 Å². The molecule has 6 nitrogen and oxygen atoms in total. The maximum atomic E-state index is 12.1. The van der Waals surface area contributed by atoms with Crippen LogP contribution in [-0.4, -0.2) is 50.1 Å². The quantitative estimate of drug-likeness (QED) is 0.627. The van der Waals surface area contributed by atoms with Crippen molar-refractivity contribution < 1.29 is 13.2 Å². The zero-order chi connectivity index (χ0) is 14.4. The van der Waals surface area contributed by atoms with Gasteiger partial charge in [-0.2, -0.15) is 17.4 Å². The van der Waals surface area contributed by atoms with Crippen molar-refractivity contribution in [2.75, 3.05) is 26.8 Å². The number of nitrogens with zero attached hydrogens (tertiary/aromatic N) is 1. The molecule has 0 saturated carbocycles. The number of nitrogens with two attached hydrogens (primary N) is 1. The van der Waals surface area contributed by atoms with Gasteiger partial charge in [0.15, 0.2) is 0 Å². The standard InChI is InChI=1S/C10H23N3O3S2/c1-10(2,3)12-18(14,15)13(7-8-16-4)6-5-9(11)17/h12H,5-8H2,1-4H3,(H2,11,17). The van der Waals surface area contributed by atoms with E-state index in [0.717, 1.165) is 0 Å². The molecule has 8 heteroatoms. The Bertz CT molecular complexity index is 363. The first-order valence-corrected chi connectivity index (χ1v) is 7.49. The zero-order valence-electron chi connectivity index (χ0n) is 11.4. The fourth-order valence-electron chi connectivity index (χ4n) is 1.23. The lowest BCUT2D eigenvalue weighted by atomic mass is 10.1. The highest BCUT2D eigenvalue weighted by Gasteiger charge is 2.26. The third-order valence-corrected chi connectivity index (χ3v) is 4.05. The van der Waals surface area contributed by atoms with Crippen molar-refractivity contribution in [3.8, 4) is 0 Å². The summed E-state index contributed by atoms with van der Waals surface area (Å²) in [6.07, 6.45) is 0.351. The Balaban J connectivity index is 4.76. The van der Waals surface area contributed by atoms with E-state index in [1.165, 1.54) is 11.4 Å². The number of hydrogen-bond acceptors (Lipinski definition) is 4. The lowest BCUT2D eigenvalue weighted by Gasteiger charge is -2.27. The molecule has 0 aromatic heterocycles. The van der Waals surface area contributed by atoms with Crippen LogP contribution in [0.3, 0.4) is 0 Å². The summed E-state index contributed by atoms with van der Waals surface area (Å²) in [5.74, 6) is 0. The molecule has 0 radical (unpaired) electrons. The molecule has 3 N–H and O–H groups in total. The first kappa shape index (κ1) is 17.7. The van der Waals surface area contributed by atoms with Crippen LogP contribution in [0.25, 0.3) is 0 Å².